The average Bonchev–Trinajstić information content (AvgIpc) is 3.30. The van der Waals surface area contributed by atoms with Crippen molar-refractivity contribution in [3.63, 3.8) is 0 Å². The van der Waals surface area contributed by atoms with Crippen molar-refractivity contribution in [3.8, 4) is 0 Å². The predicted octanol–water partition coefficient (Wildman–Crippen LogP) is 3.12. The van der Waals surface area contributed by atoms with E-state index in [1.807, 2.05) is 4.90 Å². The van der Waals surface area contributed by atoms with E-state index in [1.165, 1.54) is 18.5 Å². The van der Waals surface area contributed by atoms with Crippen LogP contribution in [0.4, 0.5) is 18.9 Å². The second kappa shape index (κ2) is 11.5. The third-order valence-corrected chi connectivity index (χ3v) is 6.68. The van der Waals surface area contributed by atoms with Crippen molar-refractivity contribution in [2.24, 2.45) is 0 Å². The molecule has 4 rings (SSSR count). The fraction of sp³-hybridized carbons (Fsp3) is 0.348. The highest BCUT2D eigenvalue weighted by atomic mass is 32.1. The molecule has 0 amide bonds. The lowest BCUT2D eigenvalue weighted by Gasteiger charge is -2.32. The van der Waals surface area contributed by atoms with Gasteiger partial charge < -0.3 is 20.2 Å². The average molecular weight is 541 g/mol. The van der Waals surface area contributed by atoms with Gasteiger partial charge in [-0.3, -0.25) is 4.57 Å². The summed E-state index contributed by atoms with van der Waals surface area (Å²) in [7, 11) is 0. The van der Waals surface area contributed by atoms with Gasteiger partial charge in [0, 0.05) is 18.0 Å². The number of alkyl halides is 3. The third-order valence-electron chi connectivity index (χ3n) is 5.56. The minimum Gasteiger partial charge on any atom is -0.478 e. The smallest absolute Gasteiger partial charge is 0.425 e. The lowest BCUT2D eigenvalue weighted by atomic mass is 10.00. The second-order valence-electron chi connectivity index (χ2n) is 8.20. The molecule has 2 aromatic heterocycles. The van der Waals surface area contributed by atoms with Gasteiger partial charge in [-0.25, -0.2) is 19.4 Å². The highest BCUT2D eigenvalue weighted by Crippen LogP contribution is 2.34. The molecule has 1 saturated heterocycles. The van der Waals surface area contributed by atoms with E-state index in [0.29, 0.717) is 53.4 Å². The fourth-order valence-electron chi connectivity index (χ4n) is 3.67. The van der Waals surface area contributed by atoms with Crippen LogP contribution in [0.25, 0.3) is 0 Å². The van der Waals surface area contributed by atoms with Crippen LogP contribution < -0.4 is 10.6 Å². The van der Waals surface area contributed by atoms with Crippen LogP contribution in [0.2, 0.25) is 0 Å². The van der Waals surface area contributed by atoms with Crippen LogP contribution in [0.5, 0.6) is 0 Å². The Morgan fingerprint density at radius 3 is 2.30 bits per heavy atom. The molecule has 0 unspecified atom stereocenters. The molecule has 14 heteroatoms. The third kappa shape index (κ3) is 7.13. The molecule has 3 N–H and O–H groups in total. The first-order valence-corrected chi connectivity index (χ1v) is 11.7. The second-order valence-corrected chi connectivity index (χ2v) is 9.36. The van der Waals surface area contributed by atoms with Crippen molar-refractivity contribution in [1.29, 1.82) is 0 Å². The van der Waals surface area contributed by atoms with Crippen LogP contribution in [-0.4, -0.2) is 61.0 Å². The topological polar surface area (TPSA) is 146 Å². The Labute approximate surface area is 212 Å². The normalized spacial score (nSPS) is 14.1. The molecular formula is C23H23F3N4O6S. The van der Waals surface area contributed by atoms with E-state index in [4.69, 9.17) is 5.11 Å². The molecule has 1 aromatic carbocycles. The summed E-state index contributed by atoms with van der Waals surface area (Å²) in [6, 6.07) is 5.15. The van der Waals surface area contributed by atoms with Crippen molar-refractivity contribution >= 4 is 29.0 Å². The largest absolute Gasteiger partial charge is 0.478 e. The van der Waals surface area contributed by atoms with Gasteiger partial charge in [-0.2, -0.15) is 18.2 Å². The number of carboxylic acid groups (broad SMARTS) is 2. The maximum atomic E-state index is 12.3. The highest BCUT2D eigenvalue weighted by molar-refractivity contribution is 7.12. The van der Waals surface area contributed by atoms with E-state index in [9.17, 15) is 37.8 Å². The van der Waals surface area contributed by atoms with Crippen LogP contribution in [0.15, 0.2) is 41.7 Å². The summed E-state index contributed by atoms with van der Waals surface area (Å²) in [5.41, 5.74) is 0.505. The first kappa shape index (κ1) is 27.8. The molecule has 37 heavy (non-hydrogen) atoms. The number of aliphatic hydroxyl groups is 1. The van der Waals surface area contributed by atoms with E-state index < -0.39 is 28.7 Å². The number of anilines is 1. The predicted molar refractivity (Wildman–Crippen MR) is 127 cm³/mol. The van der Waals surface area contributed by atoms with E-state index >= 15 is 0 Å². The molecule has 3 heterocycles. The Morgan fingerprint density at radius 1 is 1.11 bits per heavy atom. The molecular weight excluding hydrogens is 517 g/mol. The number of thiophene rings is 1. The minimum absolute atomic E-state index is 0.00296. The first-order chi connectivity index (χ1) is 17.4. The zero-order chi connectivity index (χ0) is 27.3. The van der Waals surface area contributed by atoms with Gasteiger partial charge in [0.25, 0.3) is 0 Å². The fourth-order valence-corrected chi connectivity index (χ4v) is 4.54. The number of aliphatic hydroxyl groups excluding tert-OH is 1. The van der Waals surface area contributed by atoms with Crippen molar-refractivity contribution in [3.05, 3.63) is 73.8 Å². The molecule has 0 bridgehead atoms. The standard InChI is InChI=1S/C14H17NO5.C9H6F3N3OS/c1-8-6-12(15-4-2-9(16)3-5-15)11(14(19)20)7-10(8)13(17)18;10-9(11,12)7-2-1-6(17-7)3-15-5-13-4-14-8(15)16/h6-7,9,16H,2-5H2,1H3,(H,17,18)(H,19,20);1-2,4-5H,3H2. The lowest BCUT2D eigenvalue weighted by Crippen LogP contribution is -2.36. The molecule has 198 valence electrons. The summed E-state index contributed by atoms with van der Waals surface area (Å²) in [6.07, 6.45) is -1.20. The summed E-state index contributed by atoms with van der Waals surface area (Å²) >= 11 is 0.603. The van der Waals surface area contributed by atoms with E-state index in [2.05, 4.69) is 9.97 Å². The first-order valence-electron chi connectivity index (χ1n) is 10.9. The Bertz CT molecular complexity index is 1330. The van der Waals surface area contributed by atoms with Crippen molar-refractivity contribution in [2.45, 2.75) is 38.6 Å². The molecule has 3 aromatic rings. The van der Waals surface area contributed by atoms with Crippen LogP contribution in [-0.2, 0) is 12.7 Å². The summed E-state index contributed by atoms with van der Waals surface area (Å²) in [6.45, 7) is 2.82. The van der Waals surface area contributed by atoms with E-state index in [-0.39, 0.29) is 23.8 Å². The lowest BCUT2D eigenvalue weighted by molar-refractivity contribution is -0.134. The van der Waals surface area contributed by atoms with Gasteiger partial charge in [0.05, 0.1) is 29.5 Å². The number of piperidine rings is 1. The van der Waals surface area contributed by atoms with Gasteiger partial charge in [0.1, 0.15) is 17.5 Å². The number of aromatic carboxylic acids is 2. The number of carbonyl (C=O) groups is 2. The number of aromatic nitrogens is 3. The maximum Gasteiger partial charge on any atom is 0.425 e. The van der Waals surface area contributed by atoms with Crippen LogP contribution in [0, 0.1) is 6.92 Å². The summed E-state index contributed by atoms with van der Waals surface area (Å²) in [4.78, 5) is 42.3. The quantitative estimate of drug-likeness (QED) is 0.444. The summed E-state index contributed by atoms with van der Waals surface area (Å²) in [5, 5.41) is 27.8. The number of rotatable bonds is 5. The number of benzene rings is 1. The number of hydrogen-bond donors (Lipinski definition) is 3. The van der Waals surface area contributed by atoms with Crippen molar-refractivity contribution in [2.75, 3.05) is 18.0 Å². The van der Waals surface area contributed by atoms with Crippen LogP contribution >= 0.6 is 11.3 Å². The molecule has 0 radical (unpaired) electrons. The SMILES string of the molecule is Cc1cc(N2CCC(O)CC2)c(C(=O)O)cc1C(=O)O.O=c1ncncn1Cc1ccc(C(F)(F)F)s1. The van der Waals surface area contributed by atoms with Gasteiger partial charge in [-0.1, -0.05) is 0 Å². The molecule has 10 nitrogen and oxygen atoms in total. The van der Waals surface area contributed by atoms with Gasteiger partial charge in [-0.05, 0) is 49.6 Å². The molecule has 0 spiro atoms. The molecule has 0 saturated carbocycles. The summed E-state index contributed by atoms with van der Waals surface area (Å²) < 4.78 is 38.2. The number of hydrogen-bond acceptors (Lipinski definition) is 8. The Balaban J connectivity index is 0.000000208. The maximum absolute atomic E-state index is 12.3. The van der Waals surface area contributed by atoms with Gasteiger partial charge in [0.15, 0.2) is 0 Å². The molecule has 1 aliphatic heterocycles. The monoisotopic (exact) mass is 540 g/mol. The zero-order valence-electron chi connectivity index (χ0n) is 19.5. The molecule has 0 atom stereocenters. The summed E-state index contributed by atoms with van der Waals surface area (Å²) in [5.74, 6) is -2.28. The number of carboxylic acids is 2. The Morgan fingerprint density at radius 2 is 1.76 bits per heavy atom. The highest BCUT2D eigenvalue weighted by Gasteiger charge is 2.32. The van der Waals surface area contributed by atoms with Crippen molar-refractivity contribution < 1.29 is 38.1 Å². The molecule has 0 aliphatic carbocycles. The van der Waals surface area contributed by atoms with E-state index in [1.54, 1.807) is 13.0 Å². The number of halogens is 3. The Kier molecular flexibility index (Phi) is 8.65. The Hall–Kier alpha value is -3.78. The van der Waals surface area contributed by atoms with E-state index in [0.717, 1.165) is 17.0 Å². The van der Waals surface area contributed by atoms with Crippen LogP contribution in [0.3, 0.4) is 0 Å². The number of aryl methyl sites for hydroxylation is 1. The molecule has 1 fully saturated rings. The molecule has 1 aliphatic rings. The van der Waals surface area contributed by atoms with Gasteiger partial charge >= 0.3 is 23.8 Å². The van der Waals surface area contributed by atoms with Crippen molar-refractivity contribution in [1.82, 2.24) is 14.5 Å². The van der Waals surface area contributed by atoms with Gasteiger partial charge in [-0.15, -0.1) is 11.3 Å². The number of nitrogens with zero attached hydrogens (tertiary/aromatic N) is 4. The van der Waals surface area contributed by atoms with Gasteiger partial charge in [0.2, 0.25) is 0 Å². The van der Waals surface area contributed by atoms with Crippen LogP contribution in [0.1, 0.15) is 48.9 Å². The zero-order valence-corrected chi connectivity index (χ0v) is 20.3. The minimum atomic E-state index is -4.35.